The zero-order valence-corrected chi connectivity index (χ0v) is 17.1. The fourth-order valence-electron chi connectivity index (χ4n) is 3.68. The van der Waals surface area contributed by atoms with Crippen molar-refractivity contribution in [3.05, 3.63) is 60.2 Å². The molecule has 3 rings (SSSR count). The van der Waals surface area contributed by atoms with E-state index in [0.717, 1.165) is 36.4 Å². The van der Waals surface area contributed by atoms with E-state index >= 15 is 0 Å². The van der Waals surface area contributed by atoms with Gasteiger partial charge in [-0.15, -0.1) is 0 Å². The standard InChI is InChI=1S/C23H29N3O3/c1-17(22(27)24-15-18-9-6-7-13-21(18)29-2)26-14-8-10-19(16-26)23(28)25-20-11-4-3-5-12-20/h3-7,9,11-13,17,19H,8,10,14-16H2,1-2H3,(H,24,27)(H,25,28)/t17-,19+/m1/s1. The van der Waals surface area contributed by atoms with Crippen LogP contribution in [0.1, 0.15) is 25.3 Å². The molecule has 2 atom stereocenters. The molecule has 6 nitrogen and oxygen atoms in total. The van der Waals surface area contributed by atoms with Crippen LogP contribution in [-0.2, 0) is 16.1 Å². The van der Waals surface area contributed by atoms with Crippen LogP contribution in [0.15, 0.2) is 54.6 Å². The van der Waals surface area contributed by atoms with Gasteiger partial charge in [-0.25, -0.2) is 0 Å². The highest BCUT2D eigenvalue weighted by Crippen LogP contribution is 2.21. The van der Waals surface area contributed by atoms with Gasteiger partial charge in [0.15, 0.2) is 0 Å². The Morgan fingerprint density at radius 3 is 2.62 bits per heavy atom. The maximum atomic E-state index is 12.7. The molecule has 6 heteroatoms. The molecular weight excluding hydrogens is 366 g/mol. The van der Waals surface area contributed by atoms with Crippen LogP contribution >= 0.6 is 0 Å². The van der Waals surface area contributed by atoms with Crippen molar-refractivity contribution in [2.24, 2.45) is 5.92 Å². The topological polar surface area (TPSA) is 70.7 Å². The first-order valence-electron chi connectivity index (χ1n) is 10.1. The van der Waals surface area contributed by atoms with E-state index in [9.17, 15) is 9.59 Å². The Labute approximate surface area is 172 Å². The van der Waals surface area contributed by atoms with E-state index in [1.54, 1.807) is 7.11 Å². The van der Waals surface area contributed by atoms with Gasteiger partial charge in [-0.05, 0) is 44.5 Å². The van der Waals surface area contributed by atoms with Crippen LogP contribution in [0.25, 0.3) is 0 Å². The van der Waals surface area contributed by atoms with Crippen molar-refractivity contribution >= 4 is 17.5 Å². The highest BCUT2D eigenvalue weighted by Gasteiger charge is 2.30. The van der Waals surface area contributed by atoms with Crippen LogP contribution < -0.4 is 15.4 Å². The summed E-state index contributed by atoms with van der Waals surface area (Å²) in [4.78, 5) is 27.4. The molecule has 0 bridgehead atoms. The molecule has 2 aromatic carbocycles. The molecule has 1 aliphatic rings. The second-order valence-corrected chi connectivity index (χ2v) is 7.39. The number of hydrogen-bond donors (Lipinski definition) is 2. The number of hydrogen-bond acceptors (Lipinski definition) is 4. The summed E-state index contributed by atoms with van der Waals surface area (Å²) in [7, 11) is 1.62. The van der Waals surface area contributed by atoms with Gasteiger partial charge in [-0.3, -0.25) is 14.5 Å². The molecule has 0 aromatic heterocycles. The zero-order valence-electron chi connectivity index (χ0n) is 17.1. The first-order valence-corrected chi connectivity index (χ1v) is 10.1. The SMILES string of the molecule is COc1ccccc1CNC(=O)[C@@H](C)N1CCC[C@H](C(=O)Nc2ccccc2)C1. The molecule has 29 heavy (non-hydrogen) atoms. The number of carbonyl (C=O) groups is 2. The Kier molecular flexibility index (Phi) is 7.25. The second-order valence-electron chi connectivity index (χ2n) is 7.39. The molecule has 2 aromatic rings. The summed E-state index contributed by atoms with van der Waals surface area (Å²) >= 11 is 0. The number of ether oxygens (including phenoxy) is 1. The highest BCUT2D eigenvalue weighted by molar-refractivity contribution is 5.92. The number of anilines is 1. The second kappa shape index (κ2) is 10.1. The fraction of sp³-hybridized carbons (Fsp3) is 0.391. The predicted molar refractivity (Wildman–Crippen MR) is 114 cm³/mol. The van der Waals surface area contributed by atoms with Gasteiger partial charge in [-0.1, -0.05) is 36.4 Å². The Balaban J connectivity index is 1.53. The molecule has 154 valence electrons. The molecule has 2 amide bonds. The zero-order chi connectivity index (χ0) is 20.6. The van der Waals surface area contributed by atoms with Gasteiger partial charge in [0.05, 0.1) is 19.1 Å². The Bertz CT molecular complexity index is 825. The summed E-state index contributed by atoms with van der Waals surface area (Å²) in [5, 5.41) is 5.97. The highest BCUT2D eigenvalue weighted by atomic mass is 16.5. The Morgan fingerprint density at radius 2 is 1.86 bits per heavy atom. The van der Waals surface area contributed by atoms with Gasteiger partial charge < -0.3 is 15.4 Å². The number of amides is 2. The molecule has 0 radical (unpaired) electrons. The van der Waals surface area contributed by atoms with Crippen LogP contribution in [0.4, 0.5) is 5.69 Å². The summed E-state index contributed by atoms with van der Waals surface area (Å²) in [5.41, 5.74) is 1.74. The third-order valence-electron chi connectivity index (χ3n) is 5.44. The number of benzene rings is 2. The van der Waals surface area contributed by atoms with Gasteiger partial charge in [0, 0.05) is 24.3 Å². The minimum absolute atomic E-state index is 0.0162. The first-order chi connectivity index (χ1) is 14.1. The summed E-state index contributed by atoms with van der Waals surface area (Å²) in [6.07, 6.45) is 1.74. The van der Waals surface area contributed by atoms with E-state index in [1.807, 2.05) is 61.5 Å². The van der Waals surface area contributed by atoms with Crippen molar-refractivity contribution in [1.82, 2.24) is 10.2 Å². The van der Waals surface area contributed by atoms with Gasteiger partial charge in [0.25, 0.3) is 0 Å². The van der Waals surface area contributed by atoms with Crippen LogP contribution in [0.2, 0.25) is 0 Å². The Morgan fingerprint density at radius 1 is 1.14 bits per heavy atom. The molecule has 2 N–H and O–H groups in total. The van der Waals surface area contributed by atoms with Crippen molar-refractivity contribution in [3.63, 3.8) is 0 Å². The number of carbonyl (C=O) groups excluding carboxylic acids is 2. The summed E-state index contributed by atoms with van der Waals surface area (Å²) in [5.74, 6) is 0.618. The maximum absolute atomic E-state index is 12.7. The largest absolute Gasteiger partial charge is 0.496 e. The predicted octanol–water partition coefficient (Wildman–Crippen LogP) is 3.05. The lowest BCUT2D eigenvalue weighted by atomic mass is 9.95. The first kappa shape index (κ1) is 20.9. The van der Waals surface area contributed by atoms with Crippen LogP contribution in [0, 0.1) is 5.92 Å². The number of piperidine rings is 1. The van der Waals surface area contributed by atoms with Crippen molar-refractivity contribution in [2.45, 2.75) is 32.4 Å². The van der Waals surface area contributed by atoms with E-state index < -0.39 is 0 Å². The number of para-hydroxylation sites is 2. The molecule has 1 heterocycles. The molecule has 0 aliphatic carbocycles. The van der Waals surface area contributed by atoms with Gasteiger partial charge in [-0.2, -0.15) is 0 Å². The molecule has 0 spiro atoms. The quantitative estimate of drug-likeness (QED) is 0.756. The number of nitrogens with zero attached hydrogens (tertiary/aromatic N) is 1. The lowest BCUT2D eigenvalue weighted by Gasteiger charge is -2.35. The van der Waals surface area contributed by atoms with E-state index in [1.165, 1.54) is 0 Å². The van der Waals surface area contributed by atoms with Crippen molar-refractivity contribution in [1.29, 1.82) is 0 Å². The number of rotatable bonds is 7. The van der Waals surface area contributed by atoms with Gasteiger partial charge in [0.1, 0.15) is 5.75 Å². The van der Waals surface area contributed by atoms with Crippen LogP contribution in [0.3, 0.4) is 0 Å². The van der Waals surface area contributed by atoms with Crippen molar-refractivity contribution in [2.75, 3.05) is 25.5 Å². The Hall–Kier alpha value is -2.86. The van der Waals surface area contributed by atoms with Gasteiger partial charge >= 0.3 is 0 Å². The summed E-state index contributed by atoms with van der Waals surface area (Å²) in [6.45, 7) is 3.72. The van der Waals surface area contributed by atoms with Gasteiger partial charge in [0.2, 0.25) is 11.8 Å². The van der Waals surface area contributed by atoms with E-state index in [-0.39, 0.29) is 23.8 Å². The average molecular weight is 396 g/mol. The minimum atomic E-state index is -0.294. The maximum Gasteiger partial charge on any atom is 0.237 e. The van der Waals surface area contributed by atoms with E-state index in [4.69, 9.17) is 4.74 Å². The number of likely N-dealkylation sites (tertiary alicyclic amines) is 1. The molecule has 1 fully saturated rings. The van der Waals surface area contributed by atoms with E-state index in [0.29, 0.717) is 13.1 Å². The van der Waals surface area contributed by atoms with Crippen molar-refractivity contribution < 1.29 is 14.3 Å². The molecule has 0 saturated carbocycles. The van der Waals surface area contributed by atoms with E-state index in [2.05, 4.69) is 15.5 Å². The molecule has 1 saturated heterocycles. The van der Waals surface area contributed by atoms with Crippen LogP contribution in [0.5, 0.6) is 5.75 Å². The summed E-state index contributed by atoms with van der Waals surface area (Å²) in [6, 6.07) is 16.8. The normalized spacial score (nSPS) is 17.9. The minimum Gasteiger partial charge on any atom is -0.496 e. The molecular formula is C23H29N3O3. The monoisotopic (exact) mass is 395 g/mol. The number of methoxy groups -OCH3 is 1. The summed E-state index contributed by atoms with van der Waals surface area (Å²) < 4.78 is 5.34. The lowest BCUT2D eigenvalue weighted by Crippen LogP contribution is -2.50. The smallest absolute Gasteiger partial charge is 0.237 e. The van der Waals surface area contributed by atoms with Crippen molar-refractivity contribution in [3.8, 4) is 5.75 Å². The fourth-order valence-corrected chi connectivity index (χ4v) is 3.68. The third kappa shape index (κ3) is 5.57. The third-order valence-corrected chi connectivity index (χ3v) is 5.44. The van der Waals surface area contributed by atoms with Crippen LogP contribution in [-0.4, -0.2) is 43.0 Å². The number of nitrogens with one attached hydrogen (secondary N) is 2. The lowest BCUT2D eigenvalue weighted by molar-refractivity contribution is -0.129. The average Bonchev–Trinajstić information content (AvgIpc) is 2.77. The molecule has 0 unspecified atom stereocenters. The molecule has 1 aliphatic heterocycles.